The van der Waals surface area contributed by atoms with Crippen LogP contribution in [0.5, 0.6) is 5.75 Å². The van der Waals surface area contributed by atoms with Crippen LogP contribution in [0.4, 0.5) is 0 Å². The van der Waals surface area contributed by atoms with Gasteiger partial charge >= 0.3 is 5.97 Å². The molecule has 0 aliphatic heterocycles. The number of carbonyl (C=O) groups excluding carboxylic acids is 2. The average Bonchev–Trinajstić information content (AvgIpc) is 2.43. The maximum atomic E-state index is 12.4. The second kappa shape index (κ2) is 7.11. The fraction of sp³-hybridized carbons (Fsp3) is 0.385. The molecule has 0 heterocycles. The molecule has 1 atom stereocenters. The molecule has 6 heteroatoms. The van der Waals surface area contributed by atoms with Crippen molar-refractivity contribution in [3.05, 3.63) is 28.8 Å². The molecule has 1 unspecified atom stereocenters. The molecule has 0 radical (unpaired) electrons. The van der Waals surface area contributed by atoms with Crippen LogP contribution in [-0.2, 0) is 9.53 Å². The molecule has 104 valence electrons. The number of Topliss-reactive ketones (excluding diaryl/α,β-unsaturated/α-hetero) is 1. The summed E-state index contributed by atoms with van der Waals surface area (Å²) in [7, 11) is 4.34. The number of benzene rings is 1. The van der Waals surface area contributed by atoms with Crippen molar-refractivity contribution in [2.45, 2.75) is 12.5 Å². The minimum Gasteiger partial charge on any atom is -0.496 e. The summed E-state index contributed by atoms with van der Waals surface area (Å²) in [6, 6.07) is 4.08. The fourth-order valence-corrected chi connectivity index (χ4v) is 1.81. The van der Waals surface area contributed by atoms with Crippen LogP contribution in [0.15, 0.2) is 18.2 Å². The standard InChI is InChI=1S/C13H16ClNO4/c1-15-10(7-12(16)19-3)13(17)9-6-8(14)4-5-11(9)18-2/h4-6,10,15H,7H2,1-3H3. The third-order valence-corrected chi connectivity index (χ3v) is 2.93. The molecule has 0 saturated heterocycles. The van der Waals surface area contributed by atoms with Gasteiger partial charge in [-0.15, -0.1) is 0 Å². The van der Waals surface area contributed by atoms with Crippen molar-refractivity contribution < 1.29 is 19.1 Å². The summed E-state index contributed by atoms with van der Waals surface area (Å²) in [6.45, 7) is 0. The van der Waals surface area contributed by atoms with E-state index in [9.17, 15) is 9.59 Å². The minimum absolute atomic E-state index is 0.0541. The van der Waals surface area contributed by atoms with E-state index in [4.69, 9.17) is 16.3 Å². The van der Waals surface area contributed by atoms with Crippen LogP contribution in [0, 0.1) is 0 Å². The van der Waals surface area contributed by atoms with Crippen LogP contribution in [0.3, 0.4) is 0 Å². The molecule has 0 aliphatic rings. The first kappa shape index (κ1) is 15.5. The molecule has 5 nitrogen and oxygen atoms in total. The van der Waals surface area contributed by atoms with Gasteiger partial charge in [-0.3, -0.25) is 9.59 Å². The Morgan fingerprint density at radius 2 is 2.05 bits per heavy atom. The molecular formula is C13H16ClNO4. The fourth-order valence-electron chi connectivity index (χ4n) is 1.64. The third kappa shape index (κ3) is 3.94. The van der Waals surface area contributed by atoms with Gasteiger partial charge in [0.15, 0.2) is 5.78 Å². The van der Waals surface area contributed by atoms with Crippen LogP contribution in [0.1, 0.15) is 16.8 Å². The third-order valence-electron chi connectivity index (χ3n) is 2.69. The van der Waals surface area contributed by atoms with Gasteiger partial charge in [0, 0.05) is 5.02 Å². The van der Waals surface area contributed by atoms with Gasteiger partial charge in [-0.05, 0) is 25.2 Å². The highest BCUT2D eigenvalue weighted by Gasteiger charge is 2.24. The highest BCUT2D eigenvalue weighted by atomic mass is 35.5. The van der Waals surface area contributed by atoms with E-state index in [-0.39, 0.29) is 12.2 Å². The lowest BCUT2D eigenvalue weighted by Gasteiger charge is -2.15. The minimum atomic E-state index is -0.681. The van der Waals surface area contributed by atoms with Gasteiger partial charge < -0.3 is 14.8 Å². The van der Waals surface area contributed by atoms with Crippen LogP contribution in [0.2, 0.25) is 5.02 Å². The van der Waals surface area contributed by atoms with Crippen LogP contribution in [-0.4, -0.2) is 39.1 Å². The molecule has 0 amide bonds. The van der Waals surface area contributed by atoms with Gasteiger partial charge in [-0.25, -0.2) is 0 Å². The van der Waals surface area contributed by atoms with E-state index in [0.717, 1.165) is 0 Å². The predicted octanol–water partition coefficient (Wildman–Crippen LogP) is 1.68. The number of hydrogen-bond donors (Lipinski definition) is 1. The zero-order valence-corrected chi connectivity index (χ0v) is 11.8. The van der Waals surface area contributed by atoms with Crippen LogP contribution in [0.25, 0.3) is 0 Å². The molecule has 0 spiro atoms. The van der Waals surface area contributed by atoms with Crippen molar-refractivity contribution in [3.8, 4) is 5.75 Å². The Bertz CT molecular complexity index is 476. The van der Waals surface area contributed by atoms with E-state index < -0.39 is 12.0 Å². The zero-order valence-electron chi connectivity index (χ0n) is 11.0. The first-order valence-electron chi connectivity index (χ1n) is 5.65. The quantitative estimate of drug-likeness (QED) is 0.636. The Morgan fingerprint density at radius 3 is 2.58 bits per heavy atom. The smallest absolute Gasteiger partial charge is 0.307 e. The lowest BCUT2D eigenvalue weighted by atomic mass is 10.0. The summed E-state index contributed by atoms with van der Waals surface area (Å²) in [6.07, 6.45) is -0.0541. The van der Waals surface area contributed by atoms with Crippen molar-refractivity contribution in [2.75, 3.05) is 21.3 Å². The number of ether oxygens (including phenoxy) is 2. The van der Waals surface area contributed by atoms with Crippen molar-refractivity contribution in [1.29, 1.82) is 0 Å². The number of ketones is 1. The molecule has 0 aromatic heterocycles. The first-order chi connectivity index (χ1) is 9.03. The van der Waals surface area contributed by atoms with Crippen molar-refractivity contribution in [2.24, 2.45) is 0 Å². The molecular weight excluding hydrogens is 270 g/mol. The second-order valence-corrected chi connectivity index (χ2v) is 4.27. The Balaban J connectivity index is 3.03. The average molecular weight is 286 g/mol. The lowest BCUT2D eigenvalue weighted by Crippen LogP contribution is -2.36. The number of nitrogens with one attached hydrogen (secondary N) is 1. The second-order valence-electron chi connectivity index (χ2n) is 3.83. The van der Waals surface area contributed by atoms with E-state index >= 15 is 0 Å². The van der Waals surface area contributed by atoms with Gasteiger partial charge in [-0.1, -0.05) is 11.6 Å². The normalized spacial score (nSPS) is 11.8. The highest BCUT2D eigenvalue weighted by molar-refractivity contribution is 6.31. The Morgan fingerprint density at radius 1 is 1.37 bits per heavy atom. The van der Waals surface area contributed by atoms with Crippen molar-refractivity contribution >= 4 is 23.4 Å². The molecule has 0 aliphatic carbocycles. The maximum absolute atomic E-state index is 12.4. The molecule has 0 bridgehead atoms. The zero-order chi connectivity index (χ0) is 14.4. The lowest BCUT2D eigenvalue weighted by molar-refractivity contribution is -0.140. The van der Waals surface area contributed by atoms with E-state index in [1.807, 2.05) is 0 Å². The summed E-state index contributed by atoms with van der Waals surface area (Å²) in [5.74, 6) is -0.319. The van der Waals surface area contributed by atoms with Crippen LogP contribution < -0.4 is 10.1 Å². The molecule has 0 saturated carbocycles. The van der Waals surface area contributed by atoms with Crippen LogP contribution >= 0.6 is 11.6 Å². The van der Waals surface area contributed by atoms with Gasteiger partial charge in [-0.2, -0.15) is 0 Å². The van der Waals surface area contributed by atoms with Gasteiger partial charge in [0.25, 0.3) is 0 Å². The number of methoxy groups -OCH3 is 2. The Kier molecular flexibility index (Phi) is 5.79. The molecule has 1 rings (SSSR count). The SMILES string of the molecule is CNC(CC(=O)OC)C(=O)c1cc(Cl)ccc1OC. The monoisotopic (exact) mass is 285 g/mol. The predicted molar refractivity (Wildman–Crippen MR) is 71.8 cm³/mol. The van der Waals surface area contributed by atoms with Gasteiger partial charge in [0.05, 0.1) is 32.2 Å². The topological polar surface area (TPSA) is 64.6 Å². The van der Waals surface area contributed by atoms with Crippen molar-refractivity contribution in [1.82, 2.24) is 5.32 Å². The summed E-state index contributed by atoms with van der Waals surface area (Å²) in [4.78, 5) is 23.6. The number of carbonyl (C=O) groups is 2. The maximum Gasteiger partial charge on any atom is 0.307 e. The van der Waals surface area contributed by atoms with E-state index in [1.54, 1.807) is 19.2 Å². The largest absolute Gasteiger partial charge is 0.496 e. The molecule has 1 aromatic carbocycles. The summed E-state index contributed by atoms with van der Waals surface area (Å²) >= 11 is 5.88. The Labute approximate surface area is 116 Å². The van der Waals surface area contributed by atoms with Crippen molar-refractivity contribution in [3.63, 3.8) is 0 Å². The number of halogens is 1. The van der Waals surface area contributed by atoms with Gasteiger partial charge in [0.1, 0.15) is 5.75 Å². The summed E-state index contributed by atoms with van der Waals surface area (Å²) in [5, 5.41) is 3.22. The van der Waals surface area contributed by atoms with Gasteiger partial charge in [0.2, 0.25) is 0 Å². The van der Waals surface area contributed by atoms with E-state index in [2.05, 4.69) is 10.1 Å². The number of hydrogen-bond acceptors (Lipinski definition) is 5. The number of esters is 1. The summed E-state index contributed by atoms with van der Waals surface area (Å²) in [5.41, 5.74) is 0.332. The highest BCUT2D eigenvalue weighted by Crippen LogP contribution is 2.24. The number of likely N-dealkylation sites (N-methyl/N-ethyl adjacent to an activating group) is 1. The number of rotatable bonds is 6. The first-order valence-corrected chi connectivity index (χ1v) is 6.03. The van der Waals surface area contributed by atoms with E-state index in [0.29, 0.717) is 16.3 Å². The molecule has 0 fully saturated rings. The van der Waals surface area contributed by atoms with E-state index in [1.165, 1.54) is 20.3 Å². The molecule has 1 N–H and O–H groups in total. The summed E-state index contributed by atoms with van der Waals surface area (Å²) < 4.78 is 9.68. The Hall–Kier alpha value is -1.59. The molecule has 19 heavy (non-hydrogen) atoms. The molecule has 1 aromatic rings.